The first kappa shape index (κ1) is 9.99. The zero-order chi connectivity index (χ0) is 10.6. The van der Waals surface area contributed by atoms with Gasteiger partial charge in [-0.1, -0.05) is 0 Å². The Morgan fingerprint density at radius 1 is 1.64 bits per heavy atom. The third kappa shape index (κ3) is 2.45. The minimum absolute atomic E-state index is 0.111. The minimum Gasteiger partial charge on any atom is -0.480 e. The van der Waals surface area contributed by atoms with E-state index < -0.39 is 11.8 Å². The number of carbonyl (C=O) groups is 1. The molecular weight excluding hydrogens is 187 g/mol. The van der Waals surface area contributed by atoms with Gasteiger partial charge >= 0.3 is 5.97 Å². The summed E-state index contributed by atoms with van der Waals surface area (Å²) in [5, 5.41) is 19.4. The number of hydrogen-bond donors (Lipinski definition) is 2. The molecular formula is C9H7FN2O2. The molecule has 0 atom stereocenters. The summed E-state index contributed by atoms with van der Waals surface area (Å²) in [6.45, 7) is -0.267. The number of nitrogens with one attached hydrogen (secondary N) is 1. The molecule has 0 unspecified atom stereocenters. The van der Waals surface area contributed by atoms with E-state index in [1.54, 1.807) is 6.07 Å². The molecule has 14 heavy (non-hydrogen) atoms. The van der Waals surface area contributed by atoms with E-state index in [1.807, 2.05) is 0 Å². The number of hydrogen-bond acceptors (Lipinski definition) is 3. The maximum Gasteiger partial charge on any atom is 0.322 e. The van der Waals surface area contributed by atoms with E-state index in [-0.39, 0.29) is 12.1 Å². The van der Waals surface area contributed by atoms with E-state index in [4.69, 9.17) is 10.4 Å². The van der Waals surface area contributed by atoms with Crippen molar-refractivity contribution in [2.75, 3.05) is 11.9 Å². The minimum atomic E-state index is -1.02. The molecule has 0 radical (unpaired) electrons. The Labute approximate surface area is 79.6 Å². The standard InChI is InChI=1S/C9H7FN2O2/c10-8-2-1-7(3-6(8)4-11)12-5-9(13)14/h1-3,12H,5H2,(H,13,14). The highest BCUT2D eigenvalue weighted by molar-refractivity contribution is 5.72. The van der Waals surface area contributed by atoms with E-state index in [2.05, 4.69) is 5.32 Å². The van der Waals surface area contributed by atoms with Crippen molar-refractivity contribution < 1.29 is 14.3 Å². The Hall–Kier alpha value is -2.09. The number of carboxylic acids is 1. The van der Waals surface area contributed by atoms with Crippen molar-refractivity contribution in [3.8, 4) is 6.07 Å². The number of carboxylic acid groups (broad SMARTS) is 1. The van der Waals surface area contributed by atoms with Crippen LogP contribution in [0.4, 0.5) is 10.1 Å². The third-order valence-electron chi connectivity index (χ3n) is 1.53. The molecule has 5 heteroatoms. The first-order chi connectivity index (χ1) is 6.63. The van der Waals surface area contributed by atoms with Crippen molar-refractivity contribution in [2.24, 2.45) is 0 Å². The highest BCUT2D eigenvalue weighted by Gasteiger charge is 2.03. The van der Waals surface area contributed by atoms with Gasteiger partial charge in [0.1, 0.15) is 18.4 Å². The van der Waals surface area contributed by atoms with Gasteiger partial charge in [0.2, 0.25) is 0 Å². The molecule has 1 aromatic carbocycles. The number of benzene rings is 1. The average Bonchev–Trinajstić information content (AvgIpc) is 2.16. The first-order valence-corrected chi connectivity index (χ1v) is 3.79. The van der Waals surface area contributed by atoms with Crippen molar-refractivity contribution in [1.29, 1.82) is 5.26 Å². The summed E-state index contributed by atoms with van der Waals surface area (Å²) >= 11 is 0. The Kier molecular flexibility index (Phi) is 3.02. The van der Waals surface area contributed by atoms with Crippen LogP contribution in [0.3, 0.4) is 0 Å². The summed E-state index contributed by atoms with van der Waals surface area (Å²) in [5.41, 5.74) is 0.297. The molecule has 0 fully saturated rings. The van der Waals surface area contributed by atoms with Crippen LogP contribution >= 0.6 is 0 Å². The summed E-state index contributed by atoms with van der Waals surface area (Å²) in [4.78, 5) is 10.2. The van der Waals surface area contributed by atoms with Crippen LogP contribution in [-0.4, -0.2) is 17.6 Å². The van der Waals surface area contributed by atoms with Gasteiger partial charge in [0, 0.05) is 5.69 Å². The molecule has 0 heterocycles. The lowest BCUT2D eigenvalue weighted by molar-refractivity contribution is -0.134. The highest BCUT2D eigenvalue weighted by Crippen LogP contribution is 2.13. The van der Waals surface area contributed by atoms with Crippen LogP contribution in [0.1, 0.15) is 5.56 Å². The van der Waals surface area contributed by atoms with Crippen molar-refractivity contribution in [3.63, 3.8) is 0 Å². The van der Waals surface area contributed by atoms with E-state index >= 15 is 0 Å². The smallest absolute Gasteiger partial charge is 0.322 e. The Balaban J connectivity index is 2.80. The predicted molar refractivity (Wildman–Crippen MR) is 47.2 cm³/mol. The fourth-order valence-corrected chi connectivity index (χ4v) is 0.899. The first-order valence-electron chi connectivity index (χ1n) is 3.79. The maximum atomic E-state index is 12.8. The molecule has 0 aromatic heterocycles. The SMILES string of the molecule is N#Cc1cc(NCC(=O)O)ccc1F. The molecule has 0 spiro atoms. The van der Waals surface area contributed by atoms with Gasteiger partial charge in [-0.2, -0.15) is 5.26 Å². The molecule has 0 aliphatic heterocycles. The van der Waals surface area contributed by atoms with E-state index in [9.17, 15) is 9.18 Å². The van der Waals surface area contributed by atoms with Gasteiger partial charge in [0.25, 0.3) is 0 Å². The normalized spacial score (nSPS) is 9.14. The lowest BCUT2D eigenvalue weighted by atomic mass is 10.2. The van der Waals surface area contributed by atoms with Crippen LogP contribution in [-0.2, 0) is 4.79 Å². The van der Waals surface area contributed by atoms with Gasteiger partial charge in [0.05, 0.1) is 5.56 Å². The second-order valence-electron chi connectivity index (χ2n) is 2.55. The summed E-state index contributed by atoms with van der Waals surface area (Å²) in [6, 6.07) is 5.41. The number of aliphatic carboxylic acids is 1. The molecule has 0 amide bonds. The third-order valence-corrected chi connectivity index (χ3v) is 1.53. The quantitative estimate of drug-likeness (QED) is 0.758. The maximum absolute atomic E-state index is 12.8. The Morgan fingerprint density at radius 2 is 2.36 bits per heavy atom. The topological polar surface area (TPSA) is 73.1 Å². The molecule has 1 aromatic rings. The zero-order valence-electron chi connectivity index (χ0n) is 7.12. The summed E-state index contributed by atoms with van der Waals surface area (Å²) in [6.07, 6.45) is 0. The van der Waals surface area contributed by atoms with Gasteiger partial charge in [0.15, 0.2) is 0 Å². The molecule has 0 aliphatic rings. The van der Waals surface area contributed by atoms with Crippen molar-refractivity contribution in [2.45, 2.75) is 0 Å². The fraction of sp³-hybridized carbons (Fsp3) is 0.111. The van der Waals surface area contributed by atoms with Gasteiger partial charge in [-0.05, 0) is 18.2 Å². The van der Waals surface area contributed by atoms with E-state index in [0.717, 1.165) is 6.07 Å². The van der Waals surface area contributed by atoms with Crippen LogP contribution < -0.4 is 5.32 Å². The van der Waals surface area contributed by atoms with Crippen LogP contribution in [0.15, 0.2) is 18.2 Å². The largest absolute Gasteiger partial charge is 0.480 e. The summed E-state index contributed by atoms with van der Waals surface area (Å²) in [5.74, 6) is -1.64. The number of anilines is 1. The van der Waals surface area contributed by atoms with Gasteiger partial charge < -0.3 is 10.4 Å². The van der Waals surface area contributed by atoms with Crippen LogP contribution in [0.2, 0.25) is 0 Å². The molecule has 2 N–H and O–H groups in total. The van der Waals surface area contributed by atoms with Crippen LogP contribution in [0.25, 0.3) is 0 Å². The van der Waals surface area contributed by atoms with Crippen LogP contribution in [0.5, 0.6) is 0 Å². The Bertz CT molecular complexity index is 398. The van der Waals surface area contributed by atoms with Gasteiger partial charge in [-0.3, -0.25) is 4.79 Å². The highest BCUT2D eigenvalue weighted by atomic mass is 19.1. The average molecular weight is 194 g/mol. The Morgan fingerprint density at radius 3 is 2.93 bits per heavy atom. The molecule has 1 rings (SSSR count). The van der Waals surface area contributed by atoms with Gasteiger partial charge in [-0.25, -0.2) is 4.39 Å². The lowest BCUT2D eigenvalue weighted by Crippen LogP contribution is -2.12. The zero-order valence-corrected chi connectivity index (χ0v) is 7.12. The van der Waals surface area contributed by atoms with Crippen molar-refractivity contribution in [1.82, 2.24) is 0 Å². The molecule has 72 valence electrons. The van der Waals surface area contributed by atoms with E-state index in [0.29, 0.717) is 5.69 Å². The molecule has 0 saturated carbocycles. The number of halogens is 1. The summed E-state index contributed by atoms with van der Waals surface area (Å²) < 4.78 is 12.8. The number of nitrogens with zero attached hydrogens (tertiary/aromatic N) is 1. The van der Waals surface area contributed by atoms with Crippen molar-refractivity contribution in [3.05, 3.63) is 29.6 Å². The lowest BCUT2D eigenvalue weighted by Gasteiger charge is -2.03. The number of rotatable bonds is 3. The van der Waals surface area contributed by atoms with E-state index in [1.165, 1.54) is 12.1 Å². The fourth-order valence-electron chi connectivity index (χ4n) is 0.899. The summed E-state index contributed by atoms with van der Waals surface area (Å²) in [7, 11) is 0. The van der Waals surface area contributed by atoms with Gasteiger partial charge in [-0.15, -0.1) is 0 Å². The van der Waals surface area contributed by atoms with Crippen molar-refractivity contribution >= 4 is 11.7 Å². The second-order valence-corrected chi connectivity index (χ2v) is 2.55. The second kappa shape index (κ2) is 4.23. The monoisotopic (exact) mass is 194 g/mol. The predicted octanol–water partition coefficient (Wildman–Crippen LogP) is 1.19. The molecule has 0 bridgehead atoms. The molecule has 0 aliphatic carbocycles. The van der Waals surface area contributed by atoms with Crippen LogP contribution in [0, 0.1) is 17.1 Å². The number of nitriles is 1. The molecule has 0 saturated heterocycles. The molecule has 4 nitrogen and oxygen atoms in total.